The monoisotopic (exact) mass is 259 g/mol. The van der Waals surface area contributed by atoms with Gasteiger partial charge in [0.25, 0.3) is 0 Å². The number of nitrogens with zero attached hydrogens (tertiary/aromatic N) is 3. The van der Waals surface area contributed by atoms with Crippen LogP contribution < -0.4 is 0 Å². The van der Waals surface area contributed by atoms with E-state index in [1.54, 1.807) is 0 Å². The van der Waals surface area contributed by atoms with Gasteiger partial charge in [-0.3, -0.25) is 4.98 Å². The number of pyridine rings is 1. The van der Waals surface area contributed by atoms with Crippen molar-refractivity contribution in [1.82, 2.24) is 15.1 Å². The number of ether oxygens (including phenoxy) is 1. The van der Waals surface area contributed by atoms with E-state index in [4.69, 9.17) is 0 Å². The zero-order chi connectivity index (χ0) is 13.2. The molecule has 1 atom stereocenters. The summed E-state index contributed by atoms with van der Waals surface area (Å²) in [4.78, 5) is 7.59. The van der Waals surface area contributed by atoms with E-state index in [1.165, 1.54) is 18.3 Å². The molecule has 2 heterocycles. The quantitative estimate of drug-likeness (QED) is 0.846. The van der Waals surface area contributed by atoms with Crippen molar-refractivity contribution in [3.8, 4) is 11.5 Å². The molecule has 0 spiro atoms. The van der Waals surface area contributed by atoms with Crippen LogP contribution in [0, 0.1) is 0 Å². The second kappa shape index (κ2) is 4.73. The van der Waals surface area contributed by atoms with E-state index in [0.717, 1.165) is 13.5 Å². The molecule has 0 fully saturated rings. The van der Waals surface area contributed by atoms with E-state index >= 15 is 0 Å². The predicted octanol–water partition coefficient (Wildman–Crippen LogP) is 2.38. The molecule has 0 aliphatic carbocycles. The molecule has 0 saturated heterocycles. The Morgan fingerprint density at radius 3 is 2.67 bits per heavy atom. The van der Waals surface area contributed by atoms with Gasteiger partial charge in [0.1, 0.15) is 5.69 Å². The highest BCUT2D eigenvalue weighted by atomic mass is 19.4. The van der Waals surface area contributed by atoms with Crippen molar-refractivity contribution in [1.29, 1.82) is 0 Å². The molecular weight excluding hydrogens is 251 g/mol. The number of hydrogen-bond donors (Lipinski definition) is 0. The molecule has 2 aromatic heterocycles. The Kier molecular flexibility index (Phi) is 3.28. The minimum Gasteiger partial charge on any atom is -0.367 e. The second-order valence-corrected chi connectivity index (χ2v) is 3.39. The fourth-order valence-electron chi connectivity index (χ4n) is 1.47. The summed E-state index contributed by atoms with van der Waals surface area (Å²) in [5.74, 6) is 0.119. The number of methoxy groups -OCH3 is 1. The van der Waals surface area contributed by atoms with Crippen molar-refractivity contribution < 1.29 is 22.4 Å². The maximum absolute atomic E-state index is 12.7. The average molecular weight is 259 g/mol. The molecule has 5 nitrogen and oxygen atoms in total. The largest absolute Gasteiger partial charge is 0.418 e. The van der Waals surface area contributed by atoms with E-state index in [0.29, 0.717) is 0 Å². The molecule has 0 radical (unpaired) electrons. The Balaban J connectivity index is 2.38. The number of rotatable bonds is 3. The van der Waals surface area contributed by atoms with Gasteiger partial charge in [0.15, 0.2) is 6.10 Å². The predicted molar refractivity (Wildman–Crippen MR) is 53.3 cm³/mol. The smallest absolute Gasteiger partial charge is 0.367 e. The van der Waals surface area contributed by atoms with Crippen molar-refractivity contribution in [2.75, 3.05) is 7.11 Å². The number of halogens is 3. The number of hydrogen-bond acceptors (Lipinski definition) is 5. The van der Waals surface area contributed by atoms with E-state index in [-0.39, 0.29) is 17.1 Å². The first-order chi connectivity index (χ1) is 8.52. The van der Waals surface area contributed by atoms with Gasteiger partial charge in [-0.15, -0.1) is 0 Å². The highest BCUT2D eigenvalue weighted by Crippen LogP contribution is 2.35. The minimum atomic E-state index is -4.50. The molecule has 0 N–H and O–H groups in total. The summed E-state index contributed by atoms with van der Waals surface area (Å²) >= 11 is 0. The molecule has 0 aromatic carbocycles. The third kappa shape index (κ3) is 2.48. The van der Waals surface area contributed by atoms with Gasteiger partial charge in [0, 0.05) is 13.3 Å². The Morgan fingerprint density at radius 1 is 1.33 bits per heavy atom. The van der Waals surface area contributed by atoms with E-state index in [1.807, 2.05) is 0 Å². The van der Waals surface area contributed by atoms with Crippen LogP contribution in [0.2, 0.25) is 0 Å². The van der Waals surface area contributed by atoms with E-state index in [2.05, 4.69) is 24.4 Å². The van der Waals surface area contributed by atoms with Crippen LogP contribution in [0.25, 0.3) is 11.5 Å². The zero-order valence-electron chi connectivity index (χ0n) is 9.18. The highest BCUT2D eigenvalue weighted by Gasteiger charge is 2.41. The van der Waals surface area contributed by atoms with Crippen LogP contribution in [0.4, 0.5) is 13.2 Å². The summed E-state index contributed by atoms with van der Waals surface area (Å²) in [6.07, 6.45) is -4.20. The maximum Gasteiger partial charge on any atom is 0.418 e. The van der Waals surface area contributed by atoms with Crippen LogP contribution in [0.3, 0.4) is 0 Å². The molecule has 2 rings (SSSR count). The van der Waals surface area contributed by atoms with E-state index < -0.39 is 12.3 Å². The Bertz CT molecular complexity index is 513. The molecular formula is C10H8F3N3O2. The van der Waals surface area contributed by atoms with Gasteiger partial charge in [-0.05, 0) is 17.7 Å². The van der Waals surface area contributed by atoms with Gasteiger partial charge in [0.05, 0.1) is 0 Å². The van der Waals surface area contributed by atoms with Crippen LogP contribution >= 0.6 is 0 Å². The van der Waals surface area contributed by atoms with Gasteiger partial charge in [-0.1, -0.05) is 5.16 Å². The molecule has 2 aromatic rings. The fourth-order valence-corrected chi connectivity index (χ4v) is 1.47. The number of aromatic nitrogens is 3. The first kappa shape index (κ1) is 12.5. The maximum atomic E-state index is 12.7. The lowest BCUT2D eigenvalue weighted by atomic mass is 10.1. The zero-order valence-corrected chi connectivity index (χ0v) is 9.18. The van der Waals surface area contributed by atoms with Crippen LogP contribution in [-0.4, -0.2) is 28.4 Å². The van der Waals surface area contributed by atoms with Gasteiger partial charge in [0.2, 0.25) is 12.2 Å². The van der Waals surface area contributed by atoms with Gasteiger partial charge in [-0.2, -0.15) is 18.2 Å². The van der Waals surface area contributed by atoms with E-state index in [9.17, 15) is 13.2 Å². The van der Waals surface area contributed by atoms with Crippen molar-refractivity contribution in [2.24, 2.45) is 0 Å². The normalized spacial score (nSPS) is 13.6. The van der Waals surface area contributed by atoms with Gasteiger partial charge in [-0.25, -0.2) is 0 Å². The van der Waals surface area contributed by atoms with Crippen LogP contribution in [0.15, 0.2) is 29.2 Å². The third-order valence-corrected chi connectivity index (χ3v) is 2.21. The van der Waals surface area contributed by atoms with Crippen LogP contribution in [0.1, 0.15) is 11.7 Å². The molecule has 0 saturated carbocycles. The molecule has 0 amide bonds. The first-order valence-electron chi connectivity index (χ1n) is 4.84. The van der Waals surface area contributed by atoms with Crippen molar-refractivity contribution >= 4 is 0 Å². The van der Waals surface area contributed by atoms with Crippen LogP contribution in [0.5, 0.6) is 0 Å². The molecule has 0 aliphatic rings. The number of alkyl halides is 3. The summed E-state index contributed by atoms with van der Waals surface area (Å²) in [5, 5.41) is 3.50. The molecule has 18 heavy (non-hydrogen) atoms. The topological polar surface area (TPSA) is 61.0 Å². The summed E-state index contributed by atoms with van der Waals surface area (Å²) in [7, 11) is 0.993. The average Bonchev–Trinajstić information content (AvgIpc) is 2.82. The van der Waals surface area contributed by atoms with Gasteiger partial charge >= 0.3 is 6.18 Å². The van der Waals surface area contributed by atoms with Crippen molar-refractivity contribution in [3.63, 3.8) is 0 Å². The van der Waals surface area contributed by atoms with Crippen molar-refractivity contribution in [2.45, 2.75) is 12.3 Å². The minimum absolute atomic E-state index is 0.0696. The molecule has 8 heteroatoms. The second-order valence-electron chi connectivity index (χ2n) is 3.39. The summed E-state index contributed by atoms with van der Waals surface area (Å²) in [6, 6.07) is 2.44. The lowest BCUT2D eigenvalue weighted by Gasteiger charge is -2.18. The van der Waals surface area contributed by atoms with Crippen molar-refractivity contribution in [3.05, 3.63) is 30.3 Å². The highest BCUT2D eigenvalue weighted by molar-refractivity contribution is 5.49. The lowest BCUT2D eigenvalue weighted by Crippen LogP contribution is -2.22. The summed E-state index contributed by atoms with van der Waals surface area (Å²) in [5.41, 5.74) is 0.118. The molecule has 0 aliphatic heterocycles. The van der Waals surface area contributed by atoms with Gasteiger partial charge < -0.3 is 9.26 Å². The first-order valence-corrected chi connectivity index (χ1v) is 4.84. The standard InChI is InChI=1S/C10H8F3N3O2/c1-17-8(10(11,12)13)6-2-3-14-7(4-6)9-15-5-18-16-9/h2-5,8H,1H3. The lowest BCUT2D eigenvalue weighted by molar-refractivity contribution is -0.215. The molecule has 1 unspecified atom stereocenters. The Morgan fingerprint density at radius 2 is 2.11 bits per heavy atom. The van der Waals surface area contributed by atoms with Crippen LogP contribution in [-0.2, 0) is 4.74 Å². The third-order valence-electron chi connectivity index (χ3n) is 2.21. The Hall–Kier alpha value is -1.96. The molecule has 96 valence electrons. The Labute approximate surface area is 99.6 Å². The molecule has 0 bridgehead atoms. The SMILES string of the molecule is COC(c1ccnc(-c2ncon2)c1)C(F)(F)F. The summed E-state index contributed by atoms with van der Waals surface area (Å²) in [6.45, 7) is 0. The summed E-state index contributed by atoms with van der Waals surface area (Å²) < 4.78 is 47.0. The fraction of sp³-hybridized carbons (Fsp3) is 0.300.